The quantitative estimate of drug-likeness (QED) is 0.261. The number of nitrogens with zero attached hydrogens (tertiary/aromatic N) is 2. The molecule has 1 aromatic heterocycles. The average Bonchev–Trinajstić information content (AvgIpc) is 2.88. The number of carbonyl (C=O) groups is 1. The van der Waals surface area contributed by atoms with E-state index < -0.39 is 0 Å². The van der Waals surface area contributed by atoms with Gasteiger partial charge in [0, 0.05) is 39.8 Å². The summed E-state index contributed by atoms with van der Waals surface area (Å²) in [7, 11) is 4.66. The molecule has 0 spiro atoms. The van der Waals surface area contributed by atoms with Gasteiger partial charge in [-0.1, -0.05) is 29.8 Å². The minimum absolute atomic E-state index is 0.374. The van der Waals surface area contributed by atoms with Crippen molar-refractivity contribution in [3.8, 4) is 28.5 Å². The van der Waals surface area contributed by atoms with E-state index in [2.05, 4.69) is 25.9 Å². The van der Waals surface area contributed by atoms with Gasteiger partial charge in [-0.25, -0.2) is 9.78 Å². The Labute approximate surface area is 213 Å². The van der Waals surface area contributed by atoms with Gasteiger partial charge in [0.05, 0.1) is 39.4 Å². The lowest BCUT2D eigenvalue weighted by molar-refractivity contribution is 0.262. The van der Waals surface area contributed by atoms with Crippen molar-refractivity contribution in [2.24, 2.45) is 0 Å². The number of aromatic nitrogens is 2. The van der Waals surface area contributed by atoms with Gasteiger partial charge in [-0.05, 0) is 30.3 Å². The van der Waals surface area contributed by atoms with Gasteiger partial charge in [0.25, 0.3) is 0 Å². The fourth-order valence-corrected chi connectivity index (χ4v) is 3.64. The Balaban J connectivity index is 1.46. The summed E-state index contributed by atoms with van der Waals surface area (Å²) in [5.41, 5.74) is 3.40. The van der Waals surface area contributed by atoms with Crippen LogP contribution in [0.1, 0.15) is 0 Å². The monoisotopic (exact) mass is 505 g/mol. The van der Waals surface area contributed by atoms with E-state index in [4.69, 9.17) is 25.8 Å². The second kappa shape index (κ2) is 11.3. The standard InChI is InChI=1S/C26H24ClN5O4/c1-34-22-12-20(13-23(35-2)25(22)36-3)29-24-15-28-14-21(32-24)16-7-9-18(10-8-16)30-26(33)31-19-6-4-5-17(27)11-19/h4-15H,1-3H3,(H,29,32)(H2,30,31,33). The number of methoxy groups -OCH3 is 3. The SMILES string of the molecule is COc1cc(Nc2cncc(-c3ccc(NC(=O)Nc4cccc(Cl)c4)cc3)n2)cc(OC)c1OC. The van der Waals surface area contributed by atoms with Gasteiger partial charge in [0.2, 0.25) is 5.75 Å². The Bertz CT molecular complexity index is 1340. The third-order valence-corrected chi connectivity index (χ3v) is 5.33. The first-order chi connectivity index (χ1) is 17.5. The number of anilines is 4. The molecule has 184 valence electrons. The molecule has 0 radical (unpaired) electrons. The van der Waals surface area contributed by atoms with Crippen molar-refractivity contribution in [3.05, 3.63) is 78.1 Å². The summed E-state index contributed by atoms with van der Waals surface area (Å²) in [6, 6.07) is 17.4. The normalized spacial score (nSPS) is 10.3. The minimum Gasteiger partial charge on any atom is -0.493 e. The first-order valence-corrected chi connectivity index (χ1v) is 11.2. The highest BCUT2D eigenvalue weighted by Crippen LogP contribution is 2.40. The van der Waals surface area contributed by atoms with Crippen LogP contribution in [0.4, 0.5) is 27.7 Å². The number of hydrogen-bond donors (Lipinski definition) is 3. The van der Waals surface area contributed by atoms with Gasteiger partial charge in [-0.3, -0.25) is 4.98 Å². The summed E-state index contributed by atoms with van der Waals surface area (Å²) in [4.78, 5) is 21.2. The van der Waals surface area contributed by atoms with Crippen LogP contribution in [0.5, 0.6) is 17.2 Å². The maximum Gasteiger partial charge on any atom is 0.323 e. The zero-order chi connectivity index (χ0) is 25.5. The van der Waals surface area contributed by atoms with E-state index in [-0.39, 0.29) is 6.03 Å². The smallest absolute Gasteiger partial charge is 0.323 e. The van der Waals surface area contributed by atoms with Crippen LogP contribution in [0.25, 0.3) is 11.3 Å². The van der Waals surface area contributed by atoms with Crippen molar-refractivity contribution in [1.29, 1.82) is 0 Å². The van der Waals surface area contributed by atoms with E-state index in [1.807, 2.05) is 12.1 Å². The third-order valence-electron chi connectivity index (χ3n) is 5.09. The van der Waals surface area contributed by atoms with Crippen molar-refractivity contribution < 1.29 is 19.0 Å². The Kier molecular flexibility index (Phi) is 7.72. The maximum atomic E-state index is 12.3. The third kappa shape index (κ3) is 5.94. The number of hydrogen-bond acceptors (Lipinski definition) is 7. The molecule has 0 saturated carbocycles. The second-order valence-corrected chi connectivity index (χ2v) is 7.93. The number of carbonyl (C=O) groups excluding carboxylic acids is 1. The highest BCUT2D eigenvalue weighted by atomic mass is 35.5. The van der Waals surface area contributed by atoms with Crippen molar-refractivity contribution >= 4 is 40.5 Å². The zero-order valence-corrected chi connectivity index (χ0v) is 20.6. The van der Waals surface area contributed by atoms with Crippen LogP contribution in [0, 0.1) is 0 Å². The van der Waals surface area contributed by atoms with E-state index in [0.717, 1.165) is 5.56 Å². The molecule has 0 atom stereocenters. The number of benzene rings is 3. The van der Waals surface area contributed by atoms with Crippen LogP contribution in [0.15, 0.2) is 73.1 Å². The highest BCUT2D eigenvalue weighted by Gasteiger charge is 2.14. The molecule has 0 aliphatic carbocycles. The first-order valence-electron chi connectivity index (χ1n) is 10.8. The molecule has 0 unspecified atom stereocenters. The average molecular weight is 506 g/mol. The van der Waals surface area contributed by atoms with Gasteiger partial charge in [0.1, 0.15) is 5.82 Å². The highest BCUT2D eigenvalue weighted by molar-refractivity contribution is 6.30. The molecular weight excluding hydrogens is 482 g/mol. The summed E-state index contributed by atoms with van der Waals surface area (Å²) in [6.45, 7) is 0. The number of nitrogens with one attached hydrogen (secondary N) is 3. The molecule has 3 N–H and O–H groups in total. The summed E-state index contributed by atoms with van der Waals surface area (Å²) in [6.07, 6.45) is 3.28. The lowest BCUT2D eigenvalue weighted by Gasteiger charge is -2.15. The number of urea groups is 1. The van der Waals surface area contributed by atoms with Gasteiger partial charge >= 0.3 is 6.03 Å². The number of halogens is 1. The molecular formula is C26H24ClN5O4. The Hall–Kier alpha value is -4.50. The molecule has 0 saturated heterocycles. The van der Waals surface area contributed by atoms with Crippen LogP contribution in [0.2, 0.25) is 5.02 Å². The van der Waals surface area contributed by atoms with E-state index in [1.54, 1.807) is 82.3 Å². The number of ether oxygens (including phenoxy) is 3. The van der Waals surface area contributed by atoms with Crippen LogP contribution in [-0.2, 0) is 0 Å². The van der Waals surface area contributed by atoms with Crippen molar-refractivity contribution in [2.75, 3.05) is 37.3 Å². The molecule has 4 rings (SSSR count). The topological polar surface area (TPSA) is 107 Å². The van der Waals surface area contributed by atoms with Crippen LogP contribution >= 0.6 is 11.6 Å². The second-order valence-electron chi connectivity index (χ2n) is 7.50. The van der Waals surface area contributed by atoms with Crippen LogP contribution in [-0.4, -0.2) is 37.3 Å². The molecule has 4 aromatic rings. The summed E-state index contributed by atoms with van der Waals surface area (Å²) < 4.78 is 16.2. The van der Waals surface area contributed by atoms with Crippen molar-refractivity contribution in [1.82, 2.24) is 9.97 Å². The molecule has 3 aromatic carbocycles. The zero-order valence-electron chi connectivity index (χ0n) is 19.8. The van der Waals surface area contributed by atoms with Crippen molar-refractivity contribution in [3.63, 3.8) is 0 Å². The Morgan fingerprint density at radius 2 is 1.50 bits per heavy atom. The Morgan fingerprint density at radius 1 is 0.806 bits per heavy atom. The number of amides is 2. The lowest BCUT2D eigenvalue weighted by atomic mass is 10.1. The van der Waals surface area contributed by atoms with Crippen LogP contribution < -0.4 is 30.2 Å². The molecule has 0 fully saturated rings. The van der Waals surface area contributed by atoms with Gasteiger partial charge in [-0.15, -0.1) is 0 Å². The summed E-state index contributed by atoms with van der Waals surface area (Å²) in [5.74, 6) is 2.07. The molecule has 1 heterocycles. The Morgan fingerprint density at radius 3 is 2.14 bits per heavy atom. The number of rotatable bonds is 8. The molecule has 36 heavy (non-hydrogen) atoms. The molecule has 0 aliphatic heterocycles. The lowest BCUT2D eigenvalue weighted by Crippen LogP contribution is -2.19. The van der Waals surface area contributed by atoms with Crippen LogP contribution in [0.3, 0.4) is 0 Å². The molecule has 10 heteroatoms. The molecule has 0 bridgehead atoms. The predicted octanol–water partition coefficient (Wildman–Crippen LogP) is 6.21. The summed E-state index contributed by atoms with van der Waals surface area (Å²) in [5, 5.41) is 9.29. The largest absolute Gasteiger partial charge is 0.493 e. The molecule has 9 nitrogen and oxygen atoms in total. The van der Waals surface area contributed by atoms with E-state index >= 15 is 0 Å². The van der Waals surface area contributed by atoms with Gasteiger partial charge in [0.15, 0.2) is 11.5 Å². The van der Waals surface area contributed by atoms with Gasteiger partial charge in [-0.2, -0.15) is 0 Å². The fraction of sp³-hybridized carbons (Fsp3) is 0.115. The van der Waals surface area contributed by atoms with Gasteiger partial charge < -0.3 is 30.2 Å². The fourth-order valence-electron chi connectivity index (χ4n) is 3.45. The van der Waals surface area contributed by atoms with Crippen molar-refractivity contribution in [2.45, 2.75) is 0 Å². The minimum atomic E-state index is -0.374. The van der Waals surface area contributed by atoms with E-state index in [0.29, 0.717) is 50.8 Å². The molecule has 0 aliphatic rings. The first kappa shape index (κ1) is 24.6. The summed E-state index contributed by atoms with van der Waals surface area (Å²) >= 11 is 5.96. The predicted molar refractivity (Wildman–Crippen MR) is 141 cm³/mol. The van der Waals surface area contributed by atoms with E-state index in [9.17, 15) is 4.79 Å². The maximum absolute atomic E-state index is 12.3. The van der Waals surface area contributed by atoms with E-state index in [1.165, 1.54) is 0 Å². The molecule has 2 amide bonds.